The van der Waals surface area contributed by atoms with E-state index < -0.39 is 22.5 Å². The predicted octanol–water partition coefficient (Wildman–Crippen LogP) is 6.39. The minimum Gasteiger partial charge on any atom is -0.466 e. The van der Waals surface area contributed by atoms with E-state index in [0.29, 0.717) is 6.61 Å². The first-order valence-electron chi connectivity index (χ1n) is 11.7. The van der Waals surface area contributed by atoms with Gasteiger partial charge in [-0.3, -0.25) is 9.35 Å². The largest absolute Gasteiger partial charge is 0.466 e. The van der Waals surface area contributed by atoms with Crippen LogP contribution in [-0.4, -0.2) is 31.7 Å². The van der Waals surface area contributed by atoms with Gasteiger partial charge in [-0.25, -0.2) is 4.18 Å². The van der Waals surface area contributed by atoms with Gasteiger partial charge in [-0.15, -0.1) is 0 Å². The zero-order valence-corrected chi connectivity index (χ0v) is 19.5. The molecule has 0 saturated carbocycles. The first-order chi connectivity index (χ1) is 13.8. The minimum atomic E-state index is -4.53. The highest BCUT2D eigenvalue weighted by Crippen LogP contribution is 2.13. The lowest BCUT2D eigenvalue weighted by molar-refractivity contribution is -0.145. The lowest BCUT2D eigenvalue weighted by atomic mass is 10.0. The second-order valence-electron chi connectivity index (χ2n) is 8.06. The third kappa shape index (κ3) is 23.5. The maximum absolute atomic E-state index is 11.5. The van der Waals surface area contributed by atoms with Gasteiger partial charge in [-0.1, -0.05) is 103 Å². The molecule has 7 heteroatoms. The molecule has 0 aliphatic rings. The van der Waals surface area contributed by atoms with Gasteiger partial charge in [-0.2, -0.15) is 8.42 Å². The number of carbonyl (C=O) groups is 1. The Bertz CT molecular complexity index is 478. The molecular weight excluding hydrogens is 392 g/mol. The summed E-state index contributed by atoms with van der Waals surface area (Å²) in [7, 11) is -4.53. The van der Waals surface area contributed by atoms with Crippen LogP contribution in [0.4, 0.5) is 0 Å². The van der Waals surface area contributed by atoms with Gasteiger partial charge in [0.05, 0.1) is 19.1 Å². The van der Waals surface area contributed by atoms with Crippen molar-refractivity contribution >= 4 is 16.4 Å². The SMILES string of the molecule is CCCCCCCCCCCCCCCCCCOC(=O)CC(C)OS(=O)(=O)O. The fourth-order valence-corrected chi connectivity index (χ4v) is 3.85. The summed E-state index contributed by atoms with van der Waals surface area (Å²) in [5, 5.41) is 0. The number of esters is 1. The molecule has 0 fully saturated rings. The molecule has 1 unspecified atom stereocenters. The summed E-state index contributed by atoms with van der Waals surface area (Å²) >= 11 is 0. The smallest absolute Gasteiger partial charge is 0.397 e. The molecule has 0 rings (SSSR count). The van der Waals surface area contributed by atoms with Crippen LogP contribution in [0.25, 0.3) is 0 Å². The van der Waals surface area contributed by atoms with Crippen LogP contribution in [0.5, 0.6) is 0 Å². The van der Waals surface area contributed by atoms with Crippen LogP contribution in [-0.2, 0) is 24.1 Å². The molecule has 174 valence electrons. The molecule has 0 heterocycles. The molecule has 0 aromatic rings. The van der Waals surface area contributed by atoms with E-state index in [1.807, 2.05) is 0 Å². The van der Waals surface area contributed by atoms with E-state index in [-0.39, 0.29) is 6.42 Å². The molecule has 6 nitrogen and oxygen atoms in total. The molecule has 0 saturated heterocycles. The third-order valence-electron chi connectivity index (χ3n) is 5.00. The van der Waals surface area contributed by atoms with Crippen molar-refractivity contribution in [2.75, 3.05) is 6.61 Å². The Balaban J connectivity index is 3.26. The lowest BCUT2D eigenvalue weighted by Crippen LogP contribution is -2.20. The highest BCUT2D eigenvalue weighted by atomic mass is 32.3. The predicted molar refractivity (Wildman–Crippen MR) is 117 cm³/mol. The van der Waals surface area contributed by atoms with Crippen molar-refractivity contribution in [3.63, 3.8) is 0 Å². The van der Waals surface area contributed by atoms with E-state index in [0.717, 1.165) is 19.3 Å². The second kappa shape index (κ2) is 19.3. The average molecular weight is 437 g/mol. The van der Waals surface area contributed by atoms with Crippen LogP contribution in [0.15, 0.2) is 0 Å². The van der Waals surface area contributed by atoms with Gasteiger partial charge in [0, 0.05) is 0 Å². The molecule has 0 bridgehead atoms. The summed E-state index contributed by atoms with van der Waals surface area (Å²) in [4.78, 5) is 11.5. The number of hydrogen-bond acceptors (Lipinski definition) is 5. The molecule has 0 amide bonds. The fourth-order valence-electron chi connectivity index (χ4n) is 3.37. The third-order valence-corrected chi connectivity index (χ3v) is 5.57. The Morgan fingerprint density at radius 3 is 1.52 bits per heavy atom. The number of rotatable bonds is 21. The normalized spacial score (nSPS) is 12.8. The van der Waals surface area contributed by atoms with Gasteiger partial charge in [-0.05, 0) is 13.3 Å². The van der Waals surface area contributed by atoms with Crippen LogP contribution in [0.2, 0.25) is 0 Å². The van der Waals surface area contributed by atoms with Gasteiger partial charge in [0.1, 0.15) is 0 Å². The average Bonchev–Trinajstić information content (AvgIpc) is 2.62. The van der Waals surface area contributed by atoms with E-state index in [9.17, 15) is 13.2 Å². The second-order valence-corrected chi connectivity index (χ2v) is 9.11. The summed E-state index contributed by atoms with van der Waals surface area (Å²) in [5.41, 5.74) is 0. The Morgan fingerprint density at radius 1 is 0.759 bits per heavy atom. The Kier molecular flexibility index (Phi) is 18.9. The van der Waals surface area contributed by atoms with E-state index in [1.165, 1.54) is 90.4 Å². The molecule has 0 radical (unpaired) electrons. The summed E-state index contributed by atoms with van der Waals surface area (Å²) in [5.74, 6) is -0.512. The van der Waals surface area contributed by atoms with Crippen LogP contribution < -0.4 is 0 Å². The molecule has 1 atom stereocenters. The summed E-state index contributed by atoms with van der Waals surface area (Å²) in [6, 6.07) is 0. The van der Waals surface area contributed by atoms with Crippen molar-refractivity contribution in [1.29, 1.82) is 0 Å². The van der Waals surface area contributed by atoms with Gasteiger partial charge >= 0.3 is 16.4 Å². The van der Waals surface area contributed by atoms with Crippen LogP contribution in [0.3, 0.4) is 0 Å². The number of unbranched alkanes of at least 4 members (excludes halogenated alkanes) is 15. The van der Waals surface area contributed by atoms with E-state index in [1.54, 1.807) is 0 Å². The minimum absolute atomic E-state index is 0.196. The number of carbonyl (C=O) groups excluding carboxylic acids is 1. The first kappa shape index (κ1) is 28.3. The van der Waals surface area contributed by atoms with Gasteiger partial charge in [0.2, 0.25) is 0 Å². The Morgan fingerprint density at radius 2 is 1.14 bits per heavy atom. The van der Waals surface area contributed by atoms with Crippen molar-refractivity contribution in [3.05, 3.63) is 0 Å². The standard InChI is InChI=1S/C22H44O6S/c1-3-4-5-6-7-8-9-10-11-12-13-14-15-16-17-18-19-27-22(23)20-21(2)28-29(24,25)26/h21H,3-20H2,1-2H3,(H,24,25,26). The summed E-state index contributed by atoms with van der Waals surface area (Å²) in [6.07, 6.45) is 19.5. The molecule has 0 aliphatic heterocycles. The topological polar surface area (TPSA) is 89.9 Å². The van der Waals surface area contributed by atoms with E-state index in [2.05, 4.69) is 11.1 Å². The molecule has 29 heavy (non-hydrogen) atoms. The molecule has 0 aromatic heterocycles. The zero-order chi connectivity index (χ0) is 21.8. The first-order valence-corrected chi connectivity index (χ1v) is 13.0. The Hall–Kier alpha value is -0.660. The zero-order valence-electron chi connectivity index (χ0n) is 18.7. The van der Waals surface area contributed by atoms with Crippen LogP contribution >= 0.6 is 0 Å². The molecule has 0 aromatic carbocycles. The monoisotopic (exact) mass is 436 g/mol. The molecular formula is C22H44O6S. The van der Waals surface area contributed by atoms with Gasteiger partial charge in [0.25, 0.3) is 0 Å². The Labute approximate surface area is 179 Å². The lowest BCUT2D eigenvalue weighted by Gasteiger charge is -2.09. The van der Waals surface area contributed by atoms with Crippen molar-refractivity contribution in [2.24, 2.45) is 0 Å². The van der Waals surface area contributed by atoms with Crippen LogP contribution in [0, 0.1) is 0 Å². The number of hydrogen-bond donors (Lipinski definition) is 1. The highest BCUT2D eigenvalue weighted by Gasteiger charge is 2.16. The van der Waals surface area contributed by atoms with Crippen molar-refractivity contribution in [2.45, 2.75) is 129 Å². The van der Waals surface area contributed by atoms with Gasteiger partial charge < -0.3 is 4.74 Å². The van der Waals surface area contributed by atoms with Gasteiger partial charge in [0.15, 0.2) is 0 Å². The summed E-state index contributed by atoms with van der Waals surface area (Å²) in [6.45, 7) is 4.00. The molecule has 1 N–H and O–H groups in total. The maximum Gasteiger partial charge on any atom is 0.397 e. The number of ether oxygens (including phenoxy) is 1. The fraction of sp³-hybridized carbons (Fsp3) is 0.955. The molecule has 0 aliphatic carbocycles. The quantitative estimate of drug-likeness (QED) is 0.127. The summed E-state index contributed by atoms with van der Waals surface area (Å²) < 4.78 is 38.9. The maximum atomic E-state index is 11.5. The highest BCUT2D eigenvalue weighted by molar-refractivity contribution is 7.80. The van der Waals surface area contributed by atoms with Crippen LogP contribution in [0.1, 0.15) is 123 Å². The van der Waals surface area contributed by atoms with Crippen molar-refractivity contribution in [1.82, 2.24) is 0 Å². The van der Waals surface area contributed by atoms with E-state index >= 15 is 0 Å². The van der Waals surface area contributed by atoms with Crippen molar-refractivity contribution in [3.8, 4) is 0 Å². The molecule has 0 spiro atoms. The van der Waals surface area contributed by atoms with E-state index in [4.69, 9.17) is 9.29 Å². The van der Waals surface area contributed by atoms with Crippen molar-refractivity contribution < 1.29 is 26.7 Å².